The van der Waals surface area contributed by atoms with Gasteiger partial charge in [0.15, 0.2) is 11.2 Å². The number of hydrogen-bond acceptors (Lipinski definition) is 5. The molecule has 0 aliphatic carbocycles. The third-order valence-corrected chi connectivity index (χ3v) is 13.3. The summed E-state index contributed by atoms with van der Waals surface area (Å²) in [5, 5.41) is 33.4. The number of hydrogen-bond donors (Lipinski definition) is 1. The Labute approximate surface area is 362 Å². The Morgan fingerprint density at radius 3 is 1.16 bits per heavy atom. The molecule has 0 atom stereocenters. The van der Waals surface area contributed by atoms with Gasteiger partial charge in [-0.15, -0.1) is 0 Å². The maximum absolute atomic E-state index is 12.1. The number of anilines is 1. The van der Waals surface area contributed by atoms with Gasteiger partial charge in [-0.1, -0.05) is 121 Å². The number of furan rings is 2. The zero-order valence-electron chi connectivity index (χ0n) is 33.8. The molecule has 0 aliphatic rings. The summed E-state index contributed by atoms with van der Waals surface area (Å²) in [6, 6.07) is 62.5. The van der Waals surface area contributed by atoms with Gasteiger partial charge in [-0.05, 0) is 48.5 Å². The average Bonchev–Trinajstić information content (AvgIpc) is 4.15. The van der Waals surface area contributed by atoms with Crippen LogP contribution in [0, 0.1) is 22.7 Å². The molecule has 14 rings (SSSR count). The first kappa shape index (κ1) is 34.5. The van der Waals surface area contributed by atoms with Gasteiger partial charge in [-0.3, -0.25) is 0 Å². The van der Waals surface area contributed by atoms with Gasteiger partial charge in [0, 0.05) is 53.9 Å². The molecule has 0 fully saturated rings. The standard InChI is InChI=1S/C56H30N6O2/c57-29-41-49(59)54(62-46-22-10-4-16-34(46)38-26-28-40-36-18-6-12-24-48(36)64-56(40)53(38)62)51(60-43-19-7-1-13-31(43)32-14-2-8-20-44(32)60)42(30-58)50(41)61-45-21-9-3-15-33(45)37-25-27-39-35-17-5-11-23-47(35)63-55(39)52(37)61/h1-28H,59H2. The maximum Gasteiger partial charge on any atom is 0.160 e. The Balaban J connectivity index is 1.26. The first-order chi connectivity index (χ1) is 31.6. The molecular formula is C56H30N6O2. The Morgan fingerprint density at radius 1 is 0.344 bits per heavy atom. The Morgan fingerprint density at radius 2 is 0.703 bits per heavy atom. The molecule has 2 N–H and O–H groups in total. The first-order valence-corrected chi connectivity index (χ1v) is 21.1. The monoisotopic (exact) mass is 818 g/mol. The highest BCUT2D eigenvalue weighted by atomic mass is 16.3. The molecule has 0 bridgehead atoms. The lowest BCUT2D eigenvalue weighted by Crippen LogP contribution is -2.15. The second-order valence-electron chi connectivity index (χ2n) is 16.4. The number of nitrogen functional groups attached to an aromatic ring is 1. The van der Waals surface area contributed by atoms with E-state index in [1.807, 2.05) is 95.6 Å². The smallest absolute Gasteiger partial charge is 0.160 e. The third kappa shape index (κ3) is 4.23. The number of nitrogens with zero attached hydrogens (tertiary/aromatic N) is 5. The van der Waals surface area contributed by atoms with Crippen LogP contribution >= 0.6 is 0 Å². The highest BCUT2D eigenvalue weighted by molar-refractivity contribution is 6.24. The summed E-state index contributed by atoms with van der Waals surface area (Å²) in [4.78, 5) is 0. The molecule has 64 heavy (non-hydrogen) atoms. The SMILES string of the molecule is N#Cc1c(N)c(-n2c3ccccc3c3ccc4c5ccccc5oc4c32)c(-n2c3ccccc3c3ccccc32)c(C#N)c1-n1c2ccccc2c2ccc3c4ccccc4oc3c21. The van der Waals surface area contributed by atoms with Crippen LogP contribution in [0.1, 0.15) is 11.1 Å². The summed E-state index contributed by atoms with van der Waals surface area (Å²) in [5.41, 5.74) is 17.6. The summed E-state index contributed by atoms with van der Waals surface area (Å²) in [5.74, 6) is 0. The van der Waals surface area contributed by atoms with Crippen LogP contribution in [-0.2, 0) is 0 Å². The molecule has 5 aromatic heterocycles. The van der Waals surface area contributed by atoms with E-state index in [0.717, 1.165) is 98.1 Å². The predicted octanol–water partition coefficient (Wildman–Crippen LogP) is 14.1. The van der Waals surface area contributed by atoms with Gasteiger partial charge in [0.1, 0.15) is 34.4 Å². The summed E-state index contributed by atoms with van der Waals surface area (Å²) >= 11 is 0. The van der Waals surface area contributed by atoms with Gasteiger partial charge in [0.05, 0.1) is 55.8 Å². The summed E-state index contributed by atoms with van der Waals surface area (Å²) < 4.78 is 19.9. The second-order valence-corrected chi connectivity index (χ2v) is 16.4. The van der Waals surface area contributed by atoms with E-state index in [1.54, 1.807) is 0 Å². The molecule has 9 aromatic carbocycles. The zero-order chi connectivity index (χ0) is 42.4. The van der Waals surface area contributed by atoms with E-state index in [2.05, 4.69) is 100 Å². The van der Waals surface area contributed by atoms with Crippen molar-refractivity contribution in [2.24, 2.45) is 0 Å². The van der Waals surface area contributed by atoms with E-state index in [-0.39, 0.29) is 16.8 Å². The number of nitrogens with two attached hydrogens (primary N) is 1. The number of nitriles is 2. The summed E-state index contributed by atoms with van der Waals surface area (Å²) in [7, 11) is 0. The molecular weight excluding hydrogens is 789 g/mol. The molecule has 0 spiro atoms. The van der Waals surface area contributed by atoms with Gasteiger partial charge >= 0.3 is 0 Å². The topological polar surface area (TPSA) is 115 Å². The molecule has 14 aromatic rings. The van der Waals surface area contributed by atoms with Gasteiger partial charge in [-0.25, -0.2) is 0 Å². The Hall–Kier alpha value is -9.24. The van der Waals surface area contributed by atoms with E-state index in [0.29, 0.717) is 28.2 Å². The van der Waals surface area contributed by atoms with Crippen LogP contribution in [-0.4, -0.2) is 13.7 Å². The van der Waals surface area contributed by atoms with Crippen molar-refractivity contribution in [2.45, 2.75) is 0 Å². The lowest BCUT2D eigenvalue weighted by Gasteiger charge is -2.24. The molecule has 296 valence electrons. The van der Waals surface area contributed by atoms with Crippen molar-refractivity contribution in [3.63, 3.8) is 0 Å². The minimum Gasteiger partial charge on any atom is -0.454 e. The van der Waals surface area contributed by atoms with Crippen molar-refractivity contribution < 1.29 is 8.83 Å². The average molecular weight is 819 g/mol. The van der Waals surface area contributed by atoms with Crippen LogP contribution in [0.4, 0.5) is 5.69 Å². The van der Waals surface area contributed by atoms with Gasteiger partial charge in [0.2, 0.25) is 0 Å². The van der Waals surface area contributed by atoms with Crippen LogP contribution < -0.4 is 5.73 Å². The largest absolute Gasteiger partial charge is 0.454 e. The predicted molar refractivity (Wildman–Crippen MR) is 258 cm³/mol. The number of benzene rings is 9. The lowest BCUT2D eigenvalue weighted by molar-refractivity contribution is 0.670. The van der Waals surface area contributed by atoms with Crippen molar-refractivity contribution in [1.82, 2.24) is 13.7 Å². The van der Waals surface area contributed by atoms with Crippen LogP contribution in [0.15, 0.2) is 179 Å². The van der Waals surface area contributed by atoms with Gasteiger partial charge in [0.25, 0.3) is 0 Å². The normalized spacial score (nSPS) is 12.1. The Bertz CT molecular complexity index is 4430. The first-order valence-electron chi connectivity index (χ1n) is 21.1. The van der Waals surface area contributed by atoms with E-state index >= 15 is 0 Å². The molecule has 0 saturated heterocycles. The summed E-state index contributed by atoms with van der Waals surface area (Å²) in [6.07, 6.45) is 0. The number of rotatable bonds is 3. The van der Waals surface area contributed by atoms with E-state index in [4.69, 9.17) is 14.6 Å². The van der Waals surface area contributed by atoms with Gasteiger partial charge in [-0.2, -0.15) is 10.5 Å². The minimum absolute atomic E-state index is 0.162. The van der Waals surface area contributed by atoms with Crippen molar-refractivity contribution in [1.29, 1.82) is 10.5 Å². The maximum atomic E-state index is 12.1. The van der Waals surface area contributed by atoms with E-state index < -0.39 is 0 Å². The van der Waals surface area contributed by atoms with Crippen LogP contribution in [0.2, 0.25) is 0 Å². The number of para-hydroxylation sites is 6. The molecule has 0 radical (unpaired) electrons. The zero-order valence-corrected chi connectivity index (χ0v) is 33.8. The molecule has 0 saturated carbocycles. The highest BCUT2D eigenvalue weighted by Gasteiger charge is 2.33. The molecule has 0 unspecified atom stereocenters. The number of fused-ring (bicyclic) bond motifs is 17. The fraction of sp³-hybridized carbons (Fsp3) is 0. The fourth-order valence-corrected chi connectivity index (χ4v) is 10.7. The van der Waals surface area contributed by atoms with Crippen molar-refractivity contribution >= 4 is 115 Å². The van der Waals surface area contributed by atoms with Crippen molar-refractivity contribution in [2.75, 3.05) is 5.73 Å². The van der Waals surface area contributed by atoms with E-state index in [9.17, 15) is 10.5 Å². The third-order valence-electron chi connectivity index (χ3n) is 13.3. The molecule has 8 nitrogen and oxygen atoms in total. The molecule has 8 heteroatoms. The van der Waals surface area contributed by atoms with Crippen molar-refractivity contribution in [3.05, 3.63) is 181 Å². The molecule has 0 aliphatic heterocycles. The lowest BCUT2D eigenvalue weighted by atomic mass is 9.99. The second kappa shape index (κ2) is 12.4. The van der Waals surface area contributed by atoms with E-state index in [1.165, 1.54) is 0 Å². The Kier molecular flexibility index (Phi) is 6.69. The fourth-order valence-electron chi connectivity index (χ4n) is 10.7. The quantitative estimate of drug-likeness (QED) is 0.178. The van der Waals surface area contributed by atoms with Crippen LogP contribution in [0.25, 0.3) is 126 Å². The number of aromatic nitrogens is 3. The highest BCUT2D eigenvalue weighted by Crippen LogP contribution is 2.49. The molecule has 5 heterocycles. The van der Waals surface area contributed by atoms with Crippen LogP contribution in [0.5, 0.6) is 0 Å². The van der Waals surface area contributed by atoms with Crippen LogP contribution in [0.3, 0.4) is 0 Å². The van der Waals surface area contributed by atoms with Crippen molar-refractivity contribution in [3.8, 4) is 29.2 Å². The summed E-state index contributed by atoms with van der Waals surface area (Å²) in [6.45, 7) is 0. The minimum atomic E-state index is 0.162. The van der Waals surface area contributed by atoms with Gasteiger partial charge < -0.3 is 28.3 Å². The molecule has 0 amide bonds.